The number of rotatable bonds is 5. The minimum atomic E-state index is -0.377. The summed E-state index contributed by atoms with van der Waals surface area (Å²) in [5.41, 5.74) is 4.34. The smallest absolute Gasteiger partial charge is 0.324 e. The molecule has 0 saturated heterocycles. The summed E-state index contributed by atoms with van der Waals surface area (Å²) >= 11 is 0. The molecule has 0 radical (unpaired) electrons. The van der Waals surface area contributed by atoms with Crippen molar-refractivity contribution in [3.63, 3.8) is 0 Å². The molecule has 0 unspecified atom stereocenters. The van der Waals surface area contributed by atoms with E-state index in [9.17, 15) is 9.59 Å². The van der Waals surface area contributed by atoms with Gasteiger partial charge in [0.25, 0.3) is 0 Å². The maximum Gasteiger partial charge on any atom is 0.350 e. The second kappa shape index (κ2) is 7.56. The molecule has 3 heterocycles. The number of nitrogens with zero attached hydrogens (tertiary/aromatic N) is 5. The van der Waals surface area contributed by atoms with Gasteiger partial charge < -0.3 is 5.32 Å². The third-order valence-corrected chi connectivity index (χ3v) is 5.17. The number of fused-ring (bicyclic) bond motifs is 3. The average Bonchev–Trinajstić information content (AvgIpc) is 3.36. The Kier molecular flexibility index (Phi) is 4.59. The Hall–Kier alpha value is -4.20. The number of carbonyl (C=O) groups is 1. The molecule has 3 aromatic heterocycles. The van der Waals surface area contributed by atoms with Gasteiger partial charge in [0.05, 0.1) is 5.69 Å². The van der Waals surface area contributed by atoms with Gasteiger partial charge in [-0.15, -0.1) is 5.10 Å². The summed E-state index contributed by atoms with van der Waals surface area (Å²) in [5.74, 6) is -0.312. The summed E-state index contributed by atoms with van der Waals surface area (Å²) in [6, 6.07) is 19.3. The molecule has 0 spiro atoms. The Morgan fingerprint density at radius 3 is 2.65 bits per heavy atom. The number of carbonyl (C=O) groups excluding carboxylic acids is 1. The van der Waals surface area contributed by atoms with Crippen molar-refractivity contribution in [3.8, 4) is 11.3 Å². The molecule has 31 heavy (non-hydrogen) atoms. The minimum absolute atomic E-state index is 0.178. The number of hydrogen-bond acceptors (Lipinski definition) is 4. The van der Waals surface area contributed by atoms with Gasteiger partial charge in [0.2, 0.25) is 5.91 Å². The fourth-order valence-corrected chi connectivity index (χ4v) is 3.59. The molecule has 8 nitrogen and oxygen atoms in total. The Bertz CT molecular complexity index is 1460. The van der Waals surface area contributed by atoms with Crippen LogP contribution in [0.15, 0.2) is 77.9 Å². The number of hydrogen-bond donors (Lipinski definition) is 1. The maximum absolute atomic E-state index is 12.8. The first-order chi connectivity index (χ1) is 15.1. The number of benzene rings is 2. The Balaban J connectivity index is 1.47. The van der Waals surface area contributed by atoms with Gasteiger partial charge in [-0.05, 0) is 30.2 Å². The Labute approximate surface area is 177 Å². The predicted molar refractivity (Wildman–Crippen MR) is 118 cm³/mol. The topological polar surface area (TPSA) is 85.7 Å². The zero-order valence-corrected chi connectivity index (χ0v) is 16.9. The van der Waals surface area contributed by atoms with E-state index < -0.39 is 0 Å². The lowest BCUT2D eigenvalue weighted by Gasteiger charge is -2.06. The first kappa shape index (κ1) is 18.8. The zero-order valence-electron chi connectivity index (χ0n) is 16.9. The van der Waals surface area contributed by atoms with Crippen LogP contribution in [0.5, 0.6) is 0 Å². The van der Waals surface area contributed by atoms with Crippen molar-refractivity contribution in [1.82, 2.24) is 23.8 Å². The molecule has 5 rings (SSSR count). The zero-order chi connectivity index (χ0) is 21.4. The largest absolute Gasteiger partial charge is 0.350 e. The highest BCUT2D eigenvalue weighted by molar-refractivity contribution is 5.90. The van der Waals surface area contributed by atoms with Crippen LogP contribution in [0, 0.1) is 0 Å². The molecule has 154 valence electrons. The highest BCUT2D eigenvalue weighted by Crippen LogP contribution is 2.21. The summed E-state index contributed by atoms with van der Waals surface area (Å²) in [7, 11) is 0. The molecule has 0 aliphatic heterocycles. The van der Waals surface area contributed by atoms with E-state index in [-0.39, 0.29) is 18.1 Å². The van der Waals surface area contributed by atoms with E-state index in [1.807, 2.05) is 60.7 Å². The van der Waals surface area contributed by atoms with E-state index >= 15 is 0 Å². The van der Waals surface area contributed by atoms with Crippen LogP contribution in [0.4, 0.5) is 5.69 Å². The van der Waals surface area contributed by atoms with Crippen molar-refractivity contribution in [2.24, 2.45) is 0 Å². The number of anilines is 1. The van der Waals surface area contributed by atoms with Gasteiger partial charge in [-0.2, -0.15) is 5.10 Å². The van der Waals surface area contributed by atoms with E-state index in [4.69, 9.17) is 0 Å². The van der Waals surface area contributed by atoms with Crippen LogP contribution in [0.2, 0.25) is 0 Å². The van der Waals surface area contributed by atoms with Gasteiger partial charge in [-0.1, -0.05) is 49.4 Å². The summed E-state index contributed by atoms with van der Waals surface area (Å²) < 4.78 is 4.28. The van der Waals surface area contributed by atoms with Crippen LogP contribution in [0.25, 0.3) is 22.4 Å². The van der Waals surface area contributed by atoms with Crippen molar-refractivity contribution in [2.45, 2.75) is 19.9 Å². The summed E-state index contributed by atoms with van der Waals surface area (Å²) in [6.07, 6.45) is 4.19. The van der Waals surface area contributed by atoms with Gasteiger partial charge in [-0.25, -0.2) is 18.4 Å². The predicted octanol–water partition coefficient (Wildman–Crippen LogP) is 3.01. The summed E-state index contributed by atoms with van der Waals surface area (Å²) in [6.45, 7) is 1.88. The molecule has 1 N–H and O–H groups in total. The number of aryl methyl sites for hydroxylation is 1. The molecule has 0 atom stereocenters. The van der Waals surface area contributed by atoms with Crippen LogP contribution >= 0.6 is 0 Å². The lowest BCUT2D eigenvalue weighted by molar-refractivity contribution is -0.117. The van der Waals surface area contributed by atoms with Crippen molar-refractivity contribution in [1.29, 1.82) is 0 Å². The number of amides is 1. The number of nitrogens with one attached hydrogen (secondary N) is 1. The summed E-state index contributed by atoms with van der Waals surface area (Å²) in [4.78, 5) is 25.3. The second-order valence-electron chi connectivity index (χ2n) is 7.26. The first-order valence-electron chi connectivity index (χ1n) is 10.0. The third-order valence-electron chi connectivity index (χ3n) is 5.17. The molecule has 0 bridgehead atoms. The lowest BCUT2D eigenvalue weighted by atomic mass is 10.1. The summed E-state index contributed by atoms with van der Waals surface area (Å²) in [5, 5.41) is 11.8. The molecule has 0 saturated carbocycles. The van der Waals surface area contributed by atoms with Crippen LogP contribution < -0.4 is 11.0 Å². The maximum atomic E-state index is 12.8. The van der Waals surface area contributed by atoms with Gasteiger partial charge in [0, 0.05) is 23.6 Å². The molecule has 0 aliphatic rings. The van der Waals surface area contributed by atoms with E-state index in [0.717, 1.165) is 23.2 Å². The molecule has 1 amide bonds. The van der Waals surface area contributed by atoms with Gasteiger partial charge in [0.15, 0.2) is 5.65 Å². The van der Waals surface area contributed by atoms with Crippen LogP contribution in [-0.4, -0.2) is 29.7 Å². The molecule has 2 aromatic carbocycles. The SMILES string of the molecule is CCc1cccc(NC(=O)Cn2nc3c4cc(-c5ccccc5)nn4ccn3c2=O)c1. The third kappa shape index (κ3) is 3.48. The Morgan fingerprint density at radius 1 is 1.00 bits per heavy atom. The van der Waals surface area contributed by atoms with Crippen molar-refractivity contribution in [2.75, 3.05) is 5.32 Å². The minimum Gasteiger partial charge on any atom is -0.324 e. The average molecular weight is 412 g/mol. The standard InChI is InChI=1S/C23H20N6O2/c1-2-16-7-6-10-18(13-16)24-21(30)15-29-23(31)27-11-12-28-20(22(27)26-29)14-19(25-28)17-8-4-3-5-9-17/h3-14H,2,15H2,1H3,(H,24,30). The van der Waals surface area contributed by atoms with E-state index in [1.165, 1.54) is 9.08 Å². The van der Waals surface area contributed by atoms with E-state index in [1.54, 1.807) is 16.9 Å². The van der Waals surface area contributed by atoms with E-state index in [0.29, 0.717) is 16.9 Å². The number of aromatic nitrogens is 5. The molecule has 5 aromatic rings. The molecule has 8 heteroatoms. The molecule has 0 fully saturated rings. The lowest BCUT2D eigenvalue weighted by Crippen LogP contribution is -2.28. The van der Waals surface area contributed by atoms with Gasteiger partial charge >= 0.3 is 5.69 Å². The monoisotopic (exact) mass is 412 g/mol. The van der Waals surface area contributed by atoms with Gasteiger partial charge in [-0.3, -0.25) is 4.79 Å². The fourth-order valence-electron chi connectivity index (χ4n) is 3.59. The molecular formula is C23H20N6O2. The molecule has 0 aliphatic carbocycles. The second-order valence-corrected chi connectivity index (χ2v) is 7.26. The molecular weight excluding hydrogens is 392 g/mol. The highest BCUT2D eigenvalue weighted by Gasteiger charge is 2.15. The quantitative estimate of drug-likeness (QED) is 0.481. The van der Waals surface area contributed by atoms with Crippen LogP contribution in [0.1, 0.15) is 12.5 Å². The van der Waals surface area contributed by atoms with Crippen LogP contribution in [-0.2, 0) is 17.8 Å². The van der Waals surface area contributed by atoms with Crippen LogP contribution in [0.3, 0.4) is 0 Å². The van der Waals surface area contributed by atoms with Gasteiger partial charge in [0.1, 0.15) is 12.1 Å². The normalized spacial score (nSPS) is 11.3. The van der Waals surface area contributed by atoms with E-state index in [2.05, 4.69) is 22.4 Å². The van der Waals surface area contributed by atoms with Crippen molar-refractivity contribution in [3.05, 3.63) is 89.1 Å². The fraction of sp³-hybridized carbons (Fsp3) is 0.130. The first-order valence-corrected chi connectivity index (χ1v) is 10.0. The highest BCUT2D eigenvalue weighted by atomic mass is 16.2. The van der Waals surface area contributed by atoms with Crippen molar-refractivity contribution >= 4 is 22.8 Å². The van der Waals surface area contributed by atoms with Crippen molar-refractivity contribution < 1.29 is 4.79 Å². The Morgan fingerprint density at radius 2 is 1.84 bits per heavy atom.